The molecule has 0 atom stereocenters. The summed E-state index contributed by atoms with van der Waals surface area (Å²) in [6, 6.07) is 1.45. The number of hydrogen-bond donors (Lipinski definition) is 0. The molecule has 0 saturated carbocycles. The van der Waals surface area contributed by atoms with Gasteiger partial charge in [-0.25, -0.2) is 0 Å². The normalized spacial score (nSPS) is 12.0. The Morgan fingerprint density at radius 2 is 1.31 bits per heavy atom. The fraction of sp³-hybridized carbons (Fsp3) is 1.00. The molecule has 0 aromatic rings. The Hall–Kier alpha value is 0.697. The minimum absolute atomic E-state index is 0.920. The van der Waals surface area contributed by atoms with Gasteiger partial charge < -0.3 is 0 Å². The first-order chi connectivity index (χ1) is 6.06. The summed E-state index contributed by atoms with van der Waals surface area (Å²) >= 11 is 3.81. The van der Waals surface area contributed by atoms with E-state index in [0.717, 1.165) is 0 Å². The molecule has 0 aromatic carbocycles. The summed E-state index contributed by atoms with van der Waals surface area (Å²) in [7, 11) is 0. The lowest BCUT2D eigenvalue weighted by molar-refractivity contribution is 0.601. The van der Waals surface area contributed by atoms with Crippen LogP contribution in [0.3, 0.4) is 0 Å². The summed E-state index contributed by atoms with van der Waals surface area (Å²) in [5, 5.41) is 0. The molecule has 0 aliphatic carbocycles. The van der Waals surface area contributed by atoms with Crippen molar-refractivity contribution in [2.45, 2.75) is 71.0 Å². The highest BCUT2D eigenvalue weighted by Crippen LogP contribution is 2.21. The first-order valence-corrected chi connectivity index (χ1v) is 11.2. The molecule has 0 aliphatic rings. The summed E-state index contributed by atoms with van der Waals surface area (Å²) in [6.07, 6.45) is 10.0. The van der Waals surface area contributed by atoms with E-state index < -0.39 is 6.69 Å². The Balaban J connectivity index is 3.00. The zero-order valence-electron chi connectivity index (χ0n) is 9.53. The largest absolute Gasteiger partial charge is 0.127 e. The van der Waals surface area contributed by atoms with E-state index in [1.807, 2.05) is 0 Å². The molecule has 0 heterocycles. The molecule has 0 N–H and O–H groups in total. The van der Waals surface area contributed by atoms with Crippen LogP contribution in [0.5, 0.6) is 0 Å². The van der Waals surface area contributed by atoms with Crippen molar-refractivity contribution in [2.24, 2.45) is 0 Å². The minimum Gasteiger partial charge on any atom is -0.127 e. The lowest BCUT2D eigenvalue weighted by atomic mass is 10.1. The lowest BCUT2D eigenvalue weighted by Gasteiger charge is -2.12. The monoisotopic (exact) mass is 264 g/mol. The average molecular weight is 265 g/mol. The third-order valence-electron chi connectivity index (χ3n) is 2.37. The van der Waals surface area contributed by atoms with Crippen molar-refractivity contribution in [3.8, 4) is 0 Å². The quantitative estimate of drug-likeness (QED) is 0.316. The number of hydrogen-bond acceptors (Lipinski definition) is 0. The molecule has 0 amide bonds. The van der Waals surface area contributed by atoms with Crippen LogP contribution in [-0.2, 0) is 0 Å². The van der Waals surface area contributed by atoms with Gasteiger partial charge in [-0.1, -0.05) is 65.0 Å². The standard InChI is InChI=1S/C11H25BrSi/c1-4-5-6-7-8-9-10-11-13(2,3)12/h4-11H2,1-3H3. The predicted molar refractivity (Wildman–Crippen MR) is 69.2 cm³/mol. The van der Waals surface area contributed by atoms with Crippen molar-refractivity contribution in [2.75, 3.05) is 0 Å². The third kappa shape index (κ3) is 12.7. The van der Waals surface area contributed by atoms with Gasteiger partial charge in [-0.15, -0.1) is 15.3 Å². The molecule has 2 heteroatoms. The van der Waals surface area contributed by atoms with Gasteiger partial charge in [0.25, 0.3) is 0 Å². The molecule has 0 aliphatic heterocycles. The van der Waals surface area contributed by atoms with Gasteiger partial charge in [0.15, 0.2) is 0 Å². The van der Waals surface area contributed by atoms with Crippen LogP contribution in [-0.4, -0.2) is 6.69 Å². The molecule has 0 nitrogen and oxygen atoms in total. The Bertz CT molecular complexity index is 107. The van der Waals surface area contributed by atoms with Gasteiger partial charge >= 0.3 is 0 Å². The van der Waals surface area contributed by atoms with Crippen molar-refractivity contribution in [1.82, 2.24) is 0 Å². The molecular weight excluding hydrogens is 240 g/mol. The van der Waals surface area contributed by atoms with Crippen LogP contribution < -0.4 is 0 Å². The maximum atomic E-state index is 3.81. The van der Waals surface area contributed by atoms with Crippen molar-refractivity contribution >= 4 is 22.0 Å². The van der Waals surface area contributed by atoms with Crippen LogP contribution in [0.15, 0.2) is 0 Å². The zero-order valence-corrected chi connectivity index (χ0v) is 12.1. The summed E-state index contributed by atoms with van der Waals surface area (Å²) in [5.41, 5.74) is 0. The third-order valence-corrected chi connectivity index (χ3v) is 5.11. The summed E-state index contributed by atoms with van der Waals surface area (Å²) < 4.78 is 0. The first-order valence-electron chi connectivity index (χ1n) is 5.75. The molecule has 0 saturated heterocycles. The van der Waals surface area contributed by atoms with Gasteiger partial charge in [-0.3, -0.25) is 0 Å². The van der Waals surface area contributed by atoms with E-state index in [-0.39, 0.29) is 0 Å². The van der Waals surface area contributed by atoms with Gasteiger partial charge in [0.05, 0.1) is 0 Å². The first kappa shape index (κ1) is 13.7. The van der Waals surface area contributed by atoms with Crippen LogP contribution in [0.25, 0.3) is 0 Å². The van der Waals surface area contributed by atoms with E-state index in [9.17, 15) is 0 Å². The van der Waals surface area contributed by atoms with Crippen LogP contribution in [0, 0.1) is 0 Å². The second-order valence-electron chi connectivity index (χ2n) is 4.59. The van der Waals surface area contributed by atoms with Crippen LogP contribution in [0.2, 0.25) is 19.1 Å². The van der Waals surface area contributed by atoms with E-state index in [0.29, 0.717) is 0 Å². The van der Waals surface area contributed by atoms with Crippen molar-refractivity contribution in [3.63, 3.8) is 0 Å². The van der Waals surface area contributed by atoms with Crippen LogP contribution in [0.1, 0.15) is 51.9 Å². The van der Waals surface area contributed by atoms with Crippen molar-refractivity contribution < 1.29 is 0 Å². The summed E-state index contributed by atoms with van der Waals surface area (Å²) in [4.78, 5) is 0. The fourth-order valence-electron chi connectivity index (χ4n) is 1.50. The summed E-state index contributed by atoms with van der Waals surface area (Å²) in [5.74, 6) is 0. The summed E-state index contributed by atoms with van der Waals surface area (Å²) in [6.45, 7) is 6.14. The van der Waals surface area contributed by atoms with Crippen molar-refractivity contribution in [1.29, 1.82) is 0 Å². The van der Waals surface area contributed by atoms with E-state index >= 15 is 0 Å². The number of unbranched alkanes of at least 4 members (excludes halogenated alkanes) is 6. The zero-order chi connectivity index (χ0) is 10.2. The maximum absolute atomic E-state index is 3.81. The molecule has 0 fully saturated rings. The number of rotatable bonds is 8. The Labute approximate surface area is 93.1 Å². The highest BCUT2D eigenvalue weighted by atomic mass is 79.9. The molecule has 80 valence electrons. The Morgan fingerprint density at radius 1 is 0.846 bits per heavy atom. The molecule has 0 rings (SSSR count). The maximum Gasteiger partial charge on any atom is 0.124 e. The highest BCUT2D eigenvalue weighted by Gasteiger charge is 2.14. The van der Waals surface area contributed by atoms with E-state index in [2.05, 4.69) is 35.3 Å². The highest BCUT2D eigenvalue weighted by molar-refractivity contribution is 9.26. The van der Waals surface area contributed by atoms with E-state index in [1.54, 1.807) is 0 Å². The molecule has 0 unspecified atom stereocenters. The average Bonchev–Trinajstić information content (AvgIpc) is 2.01. The molecule has 0 radical (unpaired) electrons. The Morgan fingerprint density at radius 3 is 1.77 bits per heavy atom. The van der Waals surface area contributed by atoms with E-state index in [1.165, 1.54) is 51.0 Å². The van der Waals surface area contributed by atoms with Gasteiger partial charge in [-0.2, -0.15) is 0 Å². The smallest absolute Gasteiger partial charge is 0.124 e. The van der Waals surface area contributed by atoms with E-state index in [4.69, 9.17) is 0 Å². The van der Waals surface area contributed by atoms with Crippen molar-refractivity contribution in [3.05, 3.63) is 0 Å². The molecule has 13 heavy (non-hydrogen) atoms. The lowest BCUT2D eigenvalue weighted by Crippen LogP contribution is -2.13. The second kappa shape index (κ2) is 8.04. The second-order valence-corrected chi connectivity index (χ2v) is 15.0. The van der Waals surface area contributed by atoms with Gasteiger partial charge in [0.1, 0.15) is 6.69 Å². The Kier molecular flexibility index (Phi) is 8.47. The van der Waals surface area contributed by atoms with Gasteiger partial charge in [0, 0.05) is 0 Å². The van der Waals surface area contributed by atoms with Crippen LogP contribution >= 0.6 is 15.3 Å². The molecule has 0 spiro atoms. The minimum atomic E-state index is -0.920. The SMILES string of the molecule is CCCCCCCCC[Si](C)(C)Br. The fourth-order valence-corrected chi connectivity index (χ4v) is 3.43. The van der Waals surface area contributed by atoms with Gasteiger partial charge in [-0.05, 0) is 6.04 Å². The van der Waals surface area contributed by atoms with Crippen LogP contribution in [0.4, 0.5) is 0 Å². The predicted octanol–water partition coefficient (Wildman–Crippen LogP) is 5.34. The van der Waals surface area contributed by atoms with Gasteiger partial charge in [0.2, 0.25) is 0 Å². The molecular formula is C11H25BrSi. The topological polar surface area (TPSA) is 0 Å². The molecule has 0 aromatic heterocycles. The molecule has 0 bridgehead atoms. The number of halogens is 1.